The minimum absolute atomic E-state index is 0.0894. The molecule has 1 heterocycles. The highest BCUT2D eigenvalue weighted by atomic mass is 16.5. The Kier molecular flexibility index (Phi) is 4.78. The summed E-state index contributed by atoms with van der Waals surface area (Å²) in [5.41, 5.74) is 1.08. The van der Waals surface area contributed by atoms with E-state index in [1.165, 1.54) is 0 Å². The van der Waals surface area contributed by atoms with Crippen molar-refractivity contribution >= 4 is 11.9 Å². The van der Waals surface area contributed by atoms with Crippen molar-refractivity contribution < 1.29 is 19.4 Å². The molecule has 1 unspecified atom stereocenters. The lowest BCUT2D eigenvalue weighted by Gasteiger charge is -2.23. The van der Waals surface area contributed by atoms with Gasteiger partial charge in [-0.15, -0.1) is 0 Å². The monoisotopic (exact) mass is 331 g/mol. The maximum Gasteiger partial charge on any atom is 0.308 e. The van der Waals surface area contributed by atoms with Crippen LogP contribution in [0.1, 0.15) is 31.7 Å². The van der Waals surface area contributed by atoms with Crippen LogP contribution in [0.4, 0.5) is 0 Å². The maximum atomic E-state index is 12.8. The van der Waals surface area contributed by atoms with Crippen LogP contribution in [0.25, 0.3) is 0 Å². The Morgan fingerprint density at radius 3 is 2.67 bits per heavy atom. The summed E-state index contributed by atoms with van der Waals surface area (Å²) in [7, 11) is 0. The van der Waals surface area contributed by atoms with E-state index in [-0.39, 0.29) is 11.8 Å². The fourth-order valence-corrected chi connectivity index (χ4v) is 3.64. The molecule has 1 aromatic rings. The van der Waals surface area contributed by atoms with E-state index in [4.69, 9.17) is 4.74 Å². The lowest BCUT2D eigenvalue weighted by atomic mass is 9.92. The van der Waals surface area contributed by atoms with E-state index < -0.39 is 18.0 Å². The molecule has 0 aromatic heterocycles. The first kappa shape index (κ1) is 16.8. The number of aliphatic carboxylic acids is 1. The van der Waals surface area contributed by atoms with Crippen molar-refractivity contribution in [2.45, 2.75) is 39.2 Å². The van der Waals surface area contributed by atoms with Crippen molar-refractivity contribution in [3.05, 3.63) is 29.8 Å². The van der Waals surface area contributed by atoms with Gasteiger partial charge in [0.15, 0.2) is 6.10 Å². The highest BCUT2D eigenvalue weighted by Gasteiger charge is 2.47. The summed E-state index contributed by atoms with van der Waals surface area (Å²) in [5.74, 6) is -0.0475. The van der Waals surface area contributed by atoms with Gasteiger partial charge in [-0.1, -0.05) is 19.1 Å². The molecule has 5 heteroatoms. The average Bonchev–Trinajstić information content (AvgIpc) is 3.30. The number of amides is 1. The molecular weight excluding hydrogens is 306 g/mol. The minimum Gasteiger partial charge on any atom is -0.481 e. The molecule has 0 radical (unpaired) electrons. The van der Waals surface area contributed by atoms with Gasteiger partial charge in [0.1, 0.15) is 5.75 Å². The summed E-state index contributed by atoms with van der Waals surface area (Å²) in [6.07, 6.45) is 2.19. The summed E-state index contributed by atoms with van der Waals surface area (Å²) in [6.45, 7) is 4.76. The molecule has 3 atom stereocenters. The normalized spacial score (nSPS) is 24.7. The van der Waals surface area contributed by atoms with Crippen LogP contribution in [0.3, 0.4) is 0 Å². The van der Waals surface area contributed by atoms with Gasteiger partial charge >= 0.3 is 5.97 Å². The van der Waals surface area contributed by atoms with Gasteiger partial charge in [-0.3, -0.25) is 9.59 Å². The molecule has 1 amide bonds. The summed E-state index contributed by atoms with van der Waals surface area (Å²) >= 11 is 0. The van der Waals surface area contributed by atoms with Gasteiger partial charge in [0.05, 0.1) is 5.92 Å². The molecule has 1 saturated carbocycles. The number of carbonyl (C=O) groups is 2. The number of rotatable bonds is 6. The van der Waals surface area contributed by atoms with E-state index in [0.717, 1.165) is 18.4 Å². The van der Waals surface area contributed by atoms with Crippen LogP contribution in [0.2, 0.25) is 0 Å². The fourth-order valence-electron chi connectivity index (χ4n) is 3.64. The molecule has 2 fully saturated rings. The molecule has 1 saturated heterocycles. The molecule has 1 aromatic carbocycles. The van der Waals surface area contributed by atoms with Gasteiger partial charge < -0.3 is 14.7 Å². The van der Waals surface area contributed by atoms with Gasteiger partial charge in [-0.2, -0.15) is 0 Å². The van der Waals surface area contributed by atoms with Crippen LogP contribution in [0.5, 0.6) is 5.75 Å². The molecule has 1 aliphatic carbocycles. The van der Waals surface area contributed by atoms with E-state index in [9.17, 15) is 14.7 Å². The third-order valence-corrected chi connectivity index (χ3v) is 5.14. The second-order valence-corrected chi connectivity index (χ2v) is 7.02. The predicted octanol–water partition coefficient (Wildman–Crippen LogP) is 2.72. The van der Waals surface area contributed by atoms with E-state index in [2.05, 4.69) is 0 Å². The zero-order valence-electron chi connectivity index (χ0n) is 14.3. The van der Waals surface area contributed by atoms with Crippen LogP contribution < -0.4 is 4.74 Å². The van der Waals surface area contributed by atoms with Gasteiger partial charge in [0.2, 0.25) is 0 Å². The van der Waals surface area contributed by atoms with E-state index in [1.807, 2.05) is 38.1 Å². The van der Waals surface area contributed by atoms with Crippen LogP contribution in [0, 0.1) is 24.7 Å². The molecule has 130 valence electrons. The molecular formula is C19H25NO4. The SMILES string of the molecule is CCC(Oc1cccc(C)c1)C(=O)N1C[C@H](C(=O)O)[C@@H](C2CC2)C1. The third-order valence-electron chi connectivity index (χ3n) is 5.14. The number of aryl methyl sites for hydroxylation is 1. The second-order valence-electron chi connectivity index (χ2n) is 7.02. The van der Waals surface area contributed by atoms with Crippen LogP contribution in [0.15, 0.2) is 24.3 Å². The quantitative estimate of drug-likeness (QED) is 0.870. The Morgan fingerprint density at radius 1 is 1.33 bits per heavy atom. The Labute approximate surface area is 142 Å². The first-order chi connectivity index (χ1) is 11.5. The first-order valence-corrected chi connectivity index (χ1v) is 8.74. The molecule has 2 aliphatic rings. The Bertz CT molecular complexity index is 626. The lowest BCUT2D eigenvalue weighted by molar-refractivity contribution is -0.143. The zero-order chi connectivity index (χ0) is 17.3. The molecule has 0 spiro atoms. The number of hydrogen-bond donors (Lipinski definition) is 1. The number of carboxylic acids is 1. The van der Waals surface area contributed by atoms with Crippen molar-refractivity contribution in [1.29, 1.82) is 0 Å². The van der Waals surface area contributed by atoms with Gasteiger partial charge in [-0.05, 0) is 55.7 Å². The highest BCUT2D eigenvalue weighted by Crippen LogP contribution is 2.44. The zero-order valence-corrected chi connectivity index (χ0v) is 14.3. The molecule has 24 heavy (non-hydrogen) atoms. The number of nitrogens with zero attached hydrogens (tertiary/aromatic N) is 1. The Hall–Kier alpha value is -2.04. The number of carboxylic acid groups (broad SMARTS) is 1. The molecule has 1 aliphatic heterocycles. The summed E-state index contributed by atoms with van der Waals surface area (Å²) in [6, 6.07) is 7.64. The molecule has 1 N–H and O–H groups in total. The summed E-state index contributed by atoms with van der Waals surface area (Å²) < 4.78 is 5.89. The number of hydrogen-bond acceptors (Lipinski definition) is 3. The lowest BCUT2D eigenvalue weighted by Crippen LogP contribution is -2.41. The van der Waals surface area contributed by atoms with Gasteiger partial charge in [-0.25, -0.2) is 0 Å². The van der Waals surface area contributed by atoms with Gasteiger partial charge in [0, 0.05) is 13.1 Å². The number of carbonyl (C=O) groups excluding carboxylic acids is 1. The Morgan fingerprint density at radius 2 is 2.08 bits per heavy atom. The summed E-state index contributed by atoms with van der Waals surface area (Å²) in [5, 5.41) is 9.45. The minimum atomic E-state index is -0.783. The highest BCUT2D eigenvalue weighted by molar-refractivity contribution is 5.83. The number of likely N-dealkylation sites (tertiary alicyclic amines) is 1. The van der Waals surface area contributed by atoms with Crippen LogP contribution >= 0.6 is 0 Å². The molecule has 3 rings (SSSR count). The maximum absolute atomic E-state index is 12.8. The largest absolute Gasteiger partial charge is 0.481 e. The van der Waals surface area contributed by atoms with Crippen molar-refractivity contribution in [2.24, 2.45) is 17.8 Å². The standard InChI is InChI=1S/C19H25NO4/c1-3-17(24-14-6-4-5-12(2)9-14)18(21)20-10-15(13-7-8-13)16(11-20)19(22)23/h4-6,9,13,15-17H,3,7-8,10-11H2,1-2H3,(H,22,23)/t15-,16+,17?/m1/s1. The summed E-state index contributed by atoms with van der Waals surface area (Å²) in [4.78, 5) is 26.0. The van der Waals surface area contributed by atoms with Crippen molar-refractivity contribution in [3.8, 4) is 5.75 Å². The van der Waals surface area contributed by atoms with Crippen LogP contribution in [-0.4, -0.2) is 41.1 Å². The number of ether oxygens (including phenoxy) is 1. The molecule has 0 bridgehead atoms. The van der Waals surface area contributed by atoms with Crippen molar-refractivity contribution in [1.82, 2.24) is 4.90 Å². The molecule has 5 nitrogen and oxygen atoms in total. The second kappa shape index (κ2) is 6.83. The smallest absolute Gasteiger partial charge is 0.308 e. The first-order valence-electron chi connectivity index (χ1n) is 8.74. The Balaban J connectivity index is 1.68. The average molecular weight is 331 g/mol. The van der Waals surface area contributed by atoms with E-state index in [1.54, 1.807) is 4.90 Å². The number of benzene rings is 1. The third kappa shape index (κ3) is 3.55. The van der Waals surface area contributed by atoms with E-state index in [0.29, 0.717) is 31.2 Å². The van der Waals surface area contributed by atoms with Crippen LogP contribution in [-0.2, 0) is 9.59 Å². The van der Waals surface area contributed by atoms with Gasteiger partial charge in [0.25, 0.3) is 5.91 Å². The topological polar surface area (TPSA) is 66.8 Å². The van der Waals surface area contributed by atoms with E-state index >= 15 is 0 Å². The fraction of sp³-hybridized carbons (Fsp3) is 0.579. The van der Waals surface area contributed by atoms with Crippen molar-refractivity contribution in [2.75, 3.05) is 13.1 Å². The predicted molar refractivity (Wildman–Crippen MR) is 89.8 cm³/mol. The van der Waals surface area contributed by atoms with Crippen molar-refractivity contribution in [3.63, 3.8) is 0 Å².